The van der Waals surface area contributed by atoms with Crippen LogP contribution in [0, 0.1) is 0 Å². The van der Waals surface area contributed by atoms with Crippen molar-refractivity contribution in [3.05, 3.63) is 46.4 Å². The molecule has 2 N–H and O–H groups in total. The molecule has 0 spiro atoms. The highest BCUT2D eigenvalue weighted by molar-refractivity contribution is 7.10. The van der Waals surface area contributed by atoms with Crippen LogP contribution in [0.2, 0.25) is 0 Å². The van der Waals surface area contributed by atoms with Crippen molar-refractivity contribution in [1.82, 2.24) is 15.6 Å². The zero-order valence-electron chi connectivity index (χ0n) is 12.2. The number of nitrogens with zero attached hydrogens (tertiary/aromatic N) is 1. The fraction of sp³-hybridized carbons (Fsp3) is 0.375. The van der Waals surface area contributed by atoms with Crippen LogP contribution in [0.3, 0.4) is 0 Å². The second-order valence-electron chi connectivity index (χ2n) is 5.18. The SMILES string of the molecule is O=C(NCCOc1cccnc1)N[C@H]1CCCc2sccc21. The molecule has 0 radical (unpaired) electrons. The molecule has 0 aromatic carbocycles. The highest BCUT2D eigenvalue weighted by Gasteiger charge is 2.22. The molecule has 0 saturated heterocycles. The number of pyridine rings is 1. The minimum atomic E-state index is -0.140. The number of carbonyl (C=O) groups excluding carboxylic acids is 1. The number of amides is 2. The summed E-state index contributed by atoms with van der Waals surface area (Å²) in [6, 6.07) is 5.77. The standard InChI is InChI=1S/C16H19N3O2S/c20-16(18-8-9-21-12-3-2-7-17-11-12)19-14-4-1-5-15-13(14)6-10-22-15/h2-3,6-7,10-11,14H,1,4-5,8-9H2,(H2,18,19,20)/t14-/m0/s1. The summed E-state index contributed by atoms with van der Waals surface area (Å²) in [6.45, 7) is 0.886. The Bertz CT molecular complexity index is 615. The third kappa shape index (κ3) is 3.76. The normalized spacial score (nSPS) is 16.6. The molecule has 5 nitrogen and oxygen atoms in total. The Morgan fingerprint density at radius 3 is 3.27 bits per heavy atom. The number of hydrogen-bond donors (Lipinski definition) is 2. The van der Waals surface area contributed by atoms with Gasteiger partial charge in [-0.05, 0) is 48.4 Å². The van der Waals surface area contributed by atoms with Gasteiger partial charge in [0.2, 0.25) is 0 Å². The van der Waals surface area contributed by atoms with Gasteiger partial charge >= 0.3 is 6.03 Å². The van der Waals surface area contributed by atoms with Crippen molar-refractivity contribution in [3.63, 3.8) is 0 Å². The predicted molar refractivity (Wildman–Crippen MR) is 86.3 cm³/mol. The molecule has 0 fully saturated rings. The third-order valence-corrected chi connectivity index (χ3v) is 4.64. The van der Waals surface area contributed by atoms with Crippen molar-refractivity contribution in [1.29, 1.82) is 0 Å². The van der Waals surface area contributed by atoms with Crippen LogP contribution in [0.4, 0.5) is 4.79 Å². The average Bonchev–Trinajstić information content (AvgIpc) is 3.02. The fourth-order valence-corrected chi connectivity index (χ4v) is 3.60. The highest BCUT2D eigenvalue weighted by atomic mass is 32.1. The largest absolute Gasteiger partial charge is 0.490 e. The number of aromatic nitrogens is 1. The Labute approximate surface area is 133 Å². The van der Waals surface area contributed by atoms with Crippen molar-refractivity contribution in [2.24, 2.45) is 0 Å². The van der Waals surface area contributed by atoms with E-state index in [0.717, 1.165) is 19.3 Å². The summed E-state index contributed by atoms with van der Waals surface area (Å²) in [7, 11) is 0. The van der Waals surface area contributed by atoms with Gasteiger partial charge in [0.05, 0.1) is 18.8 Å². The van der Waals surface area contributed by atoms with E-state index in [2.05, 4.69) is 27.1 Å². The van der Waals surface area contributed by atoms with E-state index in [0.29, 0.717) is 18.9 Å². The number of fused-ring (bicyclic) bond motifs is 1. The maximum atomic E-state index is 12.0. The number of rotatable bonds is 5. The van der Waals surface area contributed by atoms with Gasteiger partial charge in [0.1, 0.15) is 12.4 Å². The van der Waals surface area contributed by atoms with Crippen LogP contribution in [0.5, 0.6) is 5.75 Å². The Morgan fingerprint density at radius 1 is 1.45 bits per heavy atom. The van der Waals surface area contributed by atoms with E-state index in [-0.39, 0.29) is 12.1 Å². The van der Waals surface area contributed by atoms with Crippen molar-refractivity contribution >= 4 is 17.4 Å². The first kappa shape index (κ1) is 14.8. The van der Waals surface area contributed by atoms with E-state index in [1.54, 1.807) is 23.7 Å². The molecule has 0 unspecified atom stereocenters. The van der Waals surface area contributed by atoms with E-state index < -0.39 is 0 Å². The molecule has 3 rings (SSSR count). The smallest absolute Gasteiger partial charge is 0.315 e. The molecule has 2 heterocycles. The van der Waals surface area contributed by atoms with E-state index in [1.807, 2.05) is 12.1 Å². The lowest BCUT2D eigenvalue weighted by Gasteiger charge is -2.23. The van der Waals surface area contributed by atoms with Crippen molar-refractivity contribution < 1.29 is 9.53 Å². The van der Waals surface area contributed by atoms with Crippen LogP contribution in [0.1, 0.15) is 29.3 Å². The maximum Gasteiger partial charge on any atom is 0.315 e. The minimum absolute atomic E-state index is 0.134. The van der Waals surface area contributed by atoms with Gasteiger partial charge in [-0.1, -0.05) is 0 Å². The highest BCUT2D eigenvalue weighted by Crippen LogP contribution is 2.33. The zero-order valence-corrected chi connectivity index (χ0v) is 13.1. The van der Waals surface area contributed by atoms with Crippen LogP contribution in [0.25, 0.3) is 0 Å². The van der Waals surface area contributed by atoms with Crippen molar-refractivity contribution in [2.45, 2.75) is 25.3 Å². The number of urea groups is 1. The van der Waals surface area contributed by atoms with E-state index in [4.69, 9.17) is 4.74 Å². The van der Waals surface area contributed by atoms with Crippen molar-refractivity contribution in [2.75, 3.05) is 13.2 Å². The number of nitrogens with one attached hydrogen (secondary N) is 2. The van der Waals surface area contributed by atoms with Gasteiger partial charge in [0, 0.05) is 11.1 Å². The number of hydrogen-bond acceptors (Lipinski definition) is 4. The first-order valence-electron chi connectivity index (χ1n) is 7.46. The lowest BCUT2D eigenvalue weighted by molar-refractivity contribution is 0.231. The molecular weight excluding hydrogens is 298 g/mol. The molecule has 1 aliphatic rings. The Kier molecular flexibility index (Phi) is 4.90. The topological polar surface area (TPSA) is 63.2 Å². The molecule has 22 heavy (non-hydrogen) atoms. The van der Waals surface area contributed by atoms with E-state index in [9.17, 15) is 4.79 Å². The van der Waals surface area contributed by atoms with Gasteiger partial charge in [0.15, 0.2) is 0 Å². The molecule has 0 aliphatic heterocycles. The first-order valence-corrected chi connectivity index (χ1v) is 8.34. The Morgan fingerprint density at radius 2 is 2.41 bits per heavy atom. The number of thiophene rings is 1. The Hall–Kier alpha value is -2.08. The van der Waals surface area contributed by atoms with Crippen LogP contribution in [-0.4, -0.2) is 24.2 Å². The van der Waals surface area contributed by atoms with Gasteiger partial charge in [-0.3, -0.25) is 4.98 Å². The summed E-state index contributed by atoms with van der Waals surface area (Å²) in [5, 5.41) is 7.98. The van der Waals surface area contributed by atoms with Crippen LogP contribution in [-0.2, 0) is 6.42 Å². The molecule has 0 saturated carbocycles. The Balaban J connectivity index is 1.40. The van der Waals surface area contributed by atoms with E-state index in [1.165, 1.54) is 10.4 Å². The lowest BCUT2D eigenvalue weighted by atomic mass is 9.94. The van der Waals surface area contributed by atoms with Crippen LogP contribution in [0.15, 0.2) is 36.0 Å². The molecule has 2 aromatic rings. The molecule has 2 aromatic heterocycles. The summed E-state index contributed by atoms with van der Waals surface area (Å²) >= 11 is 1.78. The summed E-state index contributed by atoms with van der Waals surface area (Å²) in [5.74, 6) is 0.708. The summed E-state index contributed by atoms with van der Waals surface area (Å²) < 4.78 is 5.49. The van der Waals surface area contributed by atoms with Gasteiger partial charge in [0.25, 0.3) is 0 Å². The predicted octanol–water partition coefficient (Wildman–Crippen LogP) is 2.90. The molecule has 116 valence electrons. The van der Waals surface area contributed by atoms with Gasteiger partial charge in [-0.15, -0.1) is 11.3 Å². The summed E-state index contributed by atoms with van der Waals surface area (Å²) in [5.41, 5.74) is 1.28. The zero-order chi connectivity index (χ0) is 15.2. The van der Waals surface area contributed by atoms with Crippen molar-refractivity contribution in [3.8, 4) is 5.75 Å². The molecule has 1 aliphatic carbocycles. The van der Waals surface area contributed by atoms with E-state index >= 15 is 0 Å². The second-order valence-corrected chi connectivity index (χ2v) is 6.18. The fourth-order valence-electron chi connectivity index (χ4n) is 2.61. The average molecular weight is 317 g/mol. The number of ether oxygens (including phenoxy) is 1. The summed E-state index contributed by atoms with van der Waals surface area (Å²) in [6.07, 6.45) is 6.61. The van der Waals surface area contributed by atoms with Crippen LogP contribution < -0.4 is 15.4 Å². The summed E-state index contributed by atoms with van der Waals surface area (Å²) in [4.78, 5) is 17.3. The maximum absolute atomic E-state index is 12.0. The molecular formula is C16H19N3O2S. The molecule has 6 heteroatoms. The first-order chi connectivity index (χ1) is 10.8. The van der Waals surface area contributed by atoms with Crippen LogP contribution >= 0.6 is 11.3 Å². The minimum Gasteiger partial charge on any atom is -0.490 e. The third-order valence-electron chi connectivity index (χ3n) is 3.65. The lowest BCUT2D eigenvalue weighted by Crippen LogP contribution is -2.40. The van der Waals surface area contributed by atoms with Gasteiger partial charge in [-0.2, -0.15) is 0 Å². The number of aryl methyl sites for hydroxylation is 1. The molecule has 2 amide bonds. The molecule has 0 bridgehead atoms. The number of carbonyl (C=O) groups is 1. The monoisotopic (exact) mass is 317 g/mol. The van der Waals surface area contributed by atoms with Gasteiger partial charge < -0.3 is 15.4 Å². The second kappa shape index (κ2) is 7.26. The molecule has 1 atom stereocenters. The van der Waals surface area contributed by atoms with Gasteiger partial charge in [-0.25, -0.2) is 4.79 Å². The quantitative estimate of drug-likeness (QED) is 0.834.